The van der Waals surface area contributed by atoms with Crippen LogP contribution in [0.1, 0.15) is 9.67 Å². The molecule has 0 radical (unpaired) electrons. The third kappa shape index (κ3) is 1.87. The number of carboxylic acids is 1. The molecule has 0 aliphatic rings. The van der Waals surface area contributed by atoms with Crippen LogP contribution in [-0.4, -0.2) is 16.1 Å². The minimum Gasteiger partial charge on any atom is -0.477 e. The van der Waals surface area contributed by atoms with Gasteiger partial charge in [-0.05, 0) is 24.3 Å². The summed E-state index contributed by atoms with van der Waals surface area (Å²) in [4.78, 5) is 14.9. The highest BCUT2D eigenvalue weighted by Gasteiger charge is 2.17. The van der Waals surface area contributed by atoms with E-state index in [1.54, 1.807) is 0 Å². The summed E-state index contributed by atoms with van der Waals surface area (Å²) in [5.74, 6) is -1.47. The predicted molar refractivity (Wildman–Crippen MR) is 58.9 cm³/mol. The van der Waals surface area contributed by atoms with Gasteiger partial charge in [0.2, 0.25) is 0 Å². The molecule has 16 heavy (non-hydrogen) atoms. The quantitative estimate of drug-likeness (QED) is 0.841. The maximum Gasteiger partial charge on any atom is 0.348 e. The van der Waals surface area contributed by atoms with Crippen molar-refractivity contribution < 1.29 is 14.3 Å². The highest BCUT2D eigenvalue weighted by atomic mass is 32.1. The van der Waals surface area contributed by atoms with E-state index in [-0.39, 0.29) is 21.5 Å². The largest absolute Gasteiger partial charge is 0.477 e. The van der Waals surface area contributed by atoms with E-state index in [4.69, 9.17) is 10.8 Å². The van der Waals surface area contributed by atoms with E-state index >= 15 is 0 Å². The van der Waals surface area contributed by atoms with E-state index in [0.29, 0.717) is 5.56 Å². The van der Waals surface area contributed by atoms with Crippen LogP contribution in [0.25, 0.3) is 11.3 Å². The molecule has 4 nitrogen and oxygen atoms in total. The standard InChI is InChI=1S/C10H7FN2O2S/c11-6-3-1-5(2-4-6)7-8(9(14)15)16-10(12)13-7/h1-4H,(H2,12,13)(H,14,15). The summed E-state index contributed by atoms with van der Waals surface area (Å²) in [6.07, 6.45) is 0. The fraction of sp³-hybridized carbons (Fsp3) is 0. The van der Waals surface area contributed by atoms with Crippen molar-refractivity contribution in [2.75, 3.05) is 5.73 Å². The fourth-order valence-corrected chi connectivity index (χ4v) is 1.98. The molecule has 0 saturated carbocycles. The first-order chi connectivity index (χ1) is 7.58. The number of nitrogens with zero attached hydrogens (tertiary/aromatic N) is 1. The molecule has 0 spiro atoms. The van der Waals surface area contributed by atoms with Crippen LogP contribution in [0, 0.1) is 5.82 Å². The first-order valence-electron chi connectivity index (χ1n) is 4.33. The van der Waals surface area contributed by atoms with Gasteiger partial charge in [0.1, 0.15) is 10.7 Å². The number of hydrogen-bond donors (Lipinski definition) is 2. The lowest BCUT2D eigenvalue weighted by Gasteiger charge is -1.98. The first-order valence-corrected chi connectivity index (χ1v) is 5.15. The van der Waals surface area contributed by atoms with Gasteiger partial charge in [0.25, 0.3) is 0 Å². The molecule has 1 heterocycles. The smallest absolute Gasteiger partial charge is 0.348 e. The van der Waals surface area contributed by atoms with E-state index < -0.39 is 5.97 Å². The zero-order valence-electron chi connectivity index (χ0n) is 7.98. The van der Waals surface area contributed by atoms with Crippen LogP contribution >= 0.6 is 11.3 Å². The number of nitrogens with two attached hydrogens (primary N) is 1. The van der Waals surface area contributed by atoms with E-state index in [0.717, 1.165) is 11.3 Å². The average Bonchev–Trinajstić information content (AvgIpc) is 2.61. The topological polar surface area (TPSA) is 76.2 Å². The molecule has 0 aliphatic heterocycles. The Bertz CT molecular complexity index is 536. The van der Waals surface area contributed by atoms with Crippen molar-refractivity contribution in [1.29, 1.82) is 0 Å². The maximum absolute atomic E-state index is 12.7. The summed E-state index contributed by atoms with van der Waals surface area (Å²) in [6, 6.07) is 5.43. The van der Waals surface area contributed by atoms with Gasteiger partial charge in [0, 0.05) is 5.56 Å². The second-order valence-electron chi connectivity index (χ2n) is 3.04. The molecule has 1 aromatic heterocycles. The van der Waals surface area contributed by atoms with Crippen LogP contribution in [0.5, 0.6) is 0 Å². The molecule has 0 bridgehead atoms. The van der Waals surface area contributed by atoms with Crippen molar-refractivity contribution in [3.05, 3.63) is 35.0 Å². The molecular weight excluding hydrogens is 231 g/mol. The summed E-state index contributed by atoms with van der Waals surface area (Å²) >= 11 is 0.895. The molecule has 2 aromatic rings. The second-order valence-corrected chi connectivity index (χ2v) is 4.07. The highest BCUT2D eigenvalue weighted by Crippen LogP contribution is 2.29. The maximum atomic E-state index is 12.7. The molecule has 0 atom stereocenters. The zero-order chi connectivity index (χ0) is 11.7. The lowest BCUT2D eigenvalue weighted by Crippen LogP contribution is -1.95. The monoisotopic (exact) mass is 238 g/mol. The average molecular weight is 238 g/mol. The van der Waals surface area contributed by atoms with Crippen LogP contribution in [0.3, 0.4) is 0 Å². The Morgan fingerprint density at radius 1 is 1.38 bits per heavy atom. The third-order valence-corrected chi connectivity index (χ3v) is 2.83. The van der Waals surface area contributed by atoms with E-state index in [1.807, 2.05) is 0 Å². The Labute approximate surface area is 94.2 Å². The van der Waals surface area contributed by atoms with Crippen molar-refractivity contribution in [2.24, 2.45) is 0 Å². The van der Waals surface area contributed by atoms with Crippen LogP contribution in [0.2, 0.25) is 0 Å². The van der Waals surface area contributed by atoms with Crippen LogP contribution in [-0.2, 0) is 0 Å². The number of hydrogen-bond acceptors (Lipinski definition) is 4. The number of anilines is 1. The normalized spacial score (nSPS) is 10.3. The molecule has 6 heteroatoms. The summed E-state index contributed by atoms with van der Waals surface area (Å²) in [6.45, 7) is 0. The van der Waals surface area contributed by atoms with Crippen LogP contribution < -0.4 is 5.73 Å². The molecule has 0 unspecified atom stereocenters. The molecule has 82 valence electrons. The number of carboxylic acid groups (broad SMARTS) is 1. The highest BCUT2D eigenvalue weighted by molar-refractivity contribution is 7.17. The molecule has 3 N–H and O–H groups in total. The van der Waals surface area contributed by atoms with Gasteiger partial charge >= 0.3 is 5.97 Å². The fourth-order valence-electron chi connectivity index (χ4n) is 1.29. The van der Waals surface area contributed by atoms with Gasteiger partial charge in [0.15, 0.2) is 5.13 Å². The molecular formula is C10H7FN2O2S. The molecule has 0 fully saturated rings. The Morgan fingerprint density at radius 2 is 2.00 bits per heavy atom. The SMILES string of the molecule is Nc1nc(-c2ccc(F)cc2)c(C(=O)O)s1. The van der Waals surface area contributed by atoms with E-state index in [1.165, 1.54) is 24.3 Å². The molecule has 0 amide bonds. The van der Waals surface area contributed by atoms with Crippen LogP contribution in [0.15, 0.2) is 24.3 Å². The van der Waals surface area contributed by atoms with Gasteiger partial charge in [-0.15, -0.1) is 0 Å². The van der Waals surface area contributed by atoms with Gasteiger partial charge in [-0.2, -0.15) is 0 Å². The lowest BCUT2D eigenvalue weighted by atomic mass is 10.1. The van der Waals surface area contributed by atoms with Crippen LogP contribution in [0.4, 0.5) is 9.52 Å². The van der Waals surface area contributed by atoms with Gasteiger partial charge in [-0.25, -0.2) is 14.2 Å². The number of carbonyl (C=O) groups is 1. The van der Waals surface area contributed by atoms with E-state index in [2.05, 4.69) is 4.98 Å². The minimum atomic E-state index is -1.09. The summed E-state index contributed by atoms with van der Waals surface area (Å²) in [5.41, 5.74) is 6.26. The number of benzene rings is 1. The van der Waals surface area contributed by atoms with Gasteiger partial charge in [-0.3, -0.25) is 0 Å². The number of aromatic nitrogens is 1. The second kappa shape index (κ2) is 3.90. The summed E-state index contributed by atoms with van der Waals surface area (Å²) in [5, 5.41) is 9.11. The van der Waals surface area contributed by atoms with Crippen molar-refractivity contribution >= 4 is 22.4 Å². The Hall–Kier alpha value is -1.95. The Morgan fingerprint density at radius 3 is 2.56 bits per heavy atom. The third-order valence-electron chi connectivity index (χ3n) is 1.96. The van der Waals surface area contributed by atoms with Crippen molar-refractivity contribution in [3.8, 4) is 11.3 Å². The predicted octanol–water partition coefficient (Wildman–Crippen LogP) is 2.23. The number of aromatic carboxylic acids is 1. The van der Waals surface area contributed by atoms with Gasteiger partial charge < -0.3 is 10.8 Å². The number of halogens is 1. The first kappa shape index (κ1) is 10.6. The minimum absolute atomic E-state index is 0.0594. The molecule has 1 aromatic carbocycles. The number of thiazole rings is 1. The summed E-state index contributed by atoms with van der Waals surface area (Å²) < 4.78 is 12.7. The number of nitrogen functional groups attached to an aromatic ring is 1. The number of rotatable bonds is 2. The van der Waals surface area contributed by atoms with Crippen molar-refractivity contribution in [2.45, 2.75) is 0 Å². The van der Waals surface area contributed by atoms with Gasteiger partial charge in [0.05, 0.1) is 5.69 Å². The summed E-state index contributed by atoms with van der Waals surface area (Å²) in [7, 11) is 0. The molecule has 0 aliphatic carbocycles. The Balaban J connectivity index is 2.55. The van der Waals surface area contributed by atoms with Gasteiger partial charge in [-0.1, -0.05) is 11.3 Å². The Kier molecular flexibility index (Phi) is 2.57. The molecule has 0 saturated heterocycles. The van der Waals surface area contributed by atoms with E-state index in [9.17, 15) is 9.18 Å². The zero-order valence-corrected chi connectivity index (χ0v) is 8.79. The van der Waals surface area contributed by atoms with Crippen molar-refractivity contribution in [1.82, 2.24) is 4.98 Å². The van der Waals surface area contributed by atoms with Crippen molar-refractivity contribution in [3.63, 3.8) is 0 Å². The molecule has 2 rings (SSSR count). The lowest BCUT2D eigenvalue weighted by molar-refractivity contribution is 0.0702.